The number of rotatable bonds is 6. The molecule has 3 rings (SSSR count). The number of para-hydroxylation sites is 1. The van der Waals surface area contributed by atoms with Crippen molar-refractivity contribution in [3.05, 3.63) is 59.7 Å². The number of benzene rings is 2. The molecule has 2 aromatic rings. The van der Waals surface area contributed by atoms with Crippen LogP contribution in [0.15, 0.2) is 53.4 Å². The normalized spacial score (nSPS) is 14.4. The first kappa shape index (κ1) is 22.1. The Morgan fingerprint density at radius 2 is 1.68 bits per heavy atom. The van der Waals surface area contributed by atoms with Crippen molar-refractivity contribution in [2.75, 3.05) is 18.1 Å². The third kappa shape index (κ3) is 5.66. The molecule has 5 nitrogen and oxygen atoms in total. The quantitative estimate of drug-likeness (QED) is 0.667. The lowest BCUT2D eigenvalue weighted by Gasteiger charge is -2.28. The number of hydrogen-bond acceptors (Lipinski definition) is 4. The Morgan fingerprint density at radius 1 is 1.00 bits per heavy atom. The number of carbonyl (C=O) groups is 1. The van der Waals surface area contributed by atoms with E-state index in [-0.39, 0.29) is 17.4 Å². The van der Waals surface area contributed by atoms with Crippen LogP contribution < -0.4 is 4.90 Å². The first-order valence-electron chi connectivity index (χ1n) is 9.82. The van der Waals surface area contributed by atoms with Gasteiger partial charge in [-0.2, -0.15) is 8.42 Å². The van der Waals surface area contributed by atoms with Crippen LogP contribution in [-0.2, 0) is 25.5 Å². The summed E-state index contributed by atoms with van der Waals surface area (Å²) in [5.41, 5.74) is 2.76. The maximum Gasteiger partial charge on any atom is 0.296 e. The number of piperidine rings is 1. The minimum Gasteiger partial charge on any atom is -0.312 e. The number of nitrogens with zero attached hydrogens (tertiary/aromatic N) is 1. The van der Waals surface area contributed by atoms with Crippen molar-refractivity contribution in [3.63, 3.8) is 0 Å². The molecule has 1 saturated heterocycles. The first-order chi connectivity index (χ1) is 13.5. The molecular formula is C22H29NO4S. The number of carbonyl (C=O) groups excluding carboxylic acids is 1. The molecule has 1 aliphatic rings. The molecule has 6 heteroatoms. The Bertz CT molecular complexity index is 876. The fourth-order valence-corrected chi connectivity index (χ4v) is 3.99. The van der Waals surface area contributed by atoms with Crippen molar-refractivity contribution in [1.29, 1.82) is 0 Å². The van der Waals surface area contributed by atoms with Crippen molar-refractivity contribution >= 4 is 21.7 Å². The van der Waals surface area contributed by atoms with E-state index >= 15 is 0 Å². The van der Waals surface area contributed by atoms with Crippen molar-refractivity contribution < 1.29 is 17.4 Å². The Balaban J connectivity index is 0.00000136. The molecule has 1 heterocycles. The first-order valence-corrected chi connectivity index (χ1v) is 11.2. The van der Waals surface area contributed by atoms with Gasteiger partial charge in [0.25, 0.3) is 10.1 Å². The lowest BCUT2D eigenvalue weighted by Crippen LogP contribution is -2.35. The largest absolute Gasteiger partial charge is 0.312 e. The van der Waals surface area contributed by atoms with E-state index in [1.54, 1.807) is 29.2 Å². The Labute approximate surface area is 168 Å². The lowest BCUT2D eigenvalue weighted by molar-refractivity contribution is -0.119. The van der Waals surface area contributed by atoms with E-state index in [1.807, 2.05) is 45.0 Å². The molecule has 2 aromatic carbocycles. The number of anilines is 1. The standard InChI is InChI=1S/C20H23NO4S.C2H6/c1-16-9-11-18(12-10-16)26(23,24)25-15-13-17-6-2-3-7-19(17)21-14-5-4-8-20(21)22;1-2/h2-3,6-7,9-12H,4-5,8,13-15H2,1H3;1-2H3. The third-order valence-corrected chi connectivity index (χ3v) is 5.85. The zero-order valence-electron chi connectivity index (χ0n) is 16.8. The molecule has 0 saturated carbocycles. The molecule has 0 unspecified atom stereocenters. The Hall–Kier alpha value is -2.18. The van der Waals surface area contributed by atoms with Crippen molar-refractivity contribution in [2.24, 2.45) is 0 Å². The maximum absolute atomic E-state index is 12.3. The van der Waals surface area contributed by atoms with Crippen LogP contribution in [0.2, 0.25) is 0 Å². The number of amides is 1. The number of hydrogen-bond donors (Lipinski definition) is 0. The summed E-state index contributed by atoms with van der Waals surface area (Å²) >= 11 is 0. The molecule has 28 heavy (non-hydrogen) atoms. The molecule has 152 valence electrons. The second-order valence-electron chi connectivity index (χ2n) is 6.47. The SMILES string of the molecule is CC.Cc1ccc(S(=O)(=O)OCCc2ccccc2N2CCCCC2=O)cc1. The Morgan fingerprint density at radius 3 is 2.36 bits per heavy atom. The van der Waals surface area contributed by atoms with E-state index < -0.39 is 10.1 Å². The van der Waals surface area contributed by atoms with Gasteiger partial charge < -0.3 is 4.90 Å². The molecule has 1 fully saturated rings. The van der Waals surface area contributed by atoms with Gasteiger partial charge in [-0.05, 0) is 49.9 Å². The summed E-state index contributed by atoms with van der Waals surface area (Å²) in [7, 11) is -3.78. The lowest BCUT2D eigenvalue weighted by atomic mass is 10.0. The van der Waals surface area contributed by atoms with Crippen LogP contribution in [0.25, 0.3) is 0 Å². The average Bonchev–Trinajstić information content (AvgIpc) is 2.71. The summed E-state index contributed by atoms with van der Waals surface area (Å²) in [4.78, 5) is 14.1. The summed E-state index contributed by atoms with van der Waals surface area (Å²) in [5.74, 6) is 0.122. The molecular weight excluding hydrogens is 374 g/mol. The maximum atomic E-state index is 12.3. The third-order valence-electron chi connectivity index (χ3n) is 4.53. The van der Waals surface area contributed by atoms with Gasteiger partial charge in [-0.25, -0.2) is 0 Å². The summed E-state index contributed by atoms with van der Waals surface area (Å²) in [6, 6.07) is 14.2. The number of aryl methyl sites for hydroxylation is 1. The van der Waals surface area contributed by atoms with E-state index in [2.05, 4.69) is 0 Å². The van der Waals surface area contributed by atoms with E-state index in [1.165, 1.54) is 0 Å². The fraction of sp³-hybridized carbons (Fsp3) is 0.409. The van der Waals surface area contributed by atoms with Crippen molar-refractivity contribution in [1.82, 2.24) is 0 Å². The summed E-state index contributed by atoms with van der Waals surface area (Å²) < 4.78 is 29.8. The summed E-state index contributed by atoms with van der Waals surface area (Å²) in [5, 5.41) is 0. The topological polar surface area (TPSA) is 63.7 Å². The fourth-order valence-electron chi connectivity index (χ4n) is 3.08. The highest BCUT2D eigenvalue weighted by atomic mass is 32.2. The highest BCUT2D eigenvalue weighted by molar-refractivity contribution is 7.86. The van der Waals surface area contributed by atoms with Crippen LogP contribution in [0.1, 0.15) is 44.2 Å². The van der Waals surface area contributed by atoms with Crippen LogP contribution in [0.5, 0.6) is 0 Å². The van der Waals surface area contributed by atoms with E-state index in [0.29, 0.717) is 19.4 Å². The van der Waals surface area contributed by atoms with Gasteiger partial charge in [0.05, 0.1) is 11.5 Å². The zero-order chi connectivity index (χ0) is 20.6. The van der Waals surface area contributed by atoms with Gasteiger partial charge in [0.1, 0.15) is 0 Å². The minimum atomic E-state index is -3.78. The summed E-state index contributed by atoms with van der Waals surface area (Å²) in [6.07, 6.45) is 2.89. The Kier molecular flexibility index (Phi) is 8.20. The monoisotopic (exact) mass is 403 g/mol. The molecule has 0 spiro atoms. The molecule has 0 N–H and O–H groups in total. The highest BCUT2D eigenvalue weighted by Gasteiger charge is 2.22. The van der Waals surface area contributed by atoms with Crippen molar-refractivity contribution in [2.45, 2.75) is 51.3 Å². The van der Waals surface area contributed by atoms with Gasteiger partial charge in [0, 0.05) is 18.7 Å². The van der Waals surface area contributed by atoms with Crippen molar-refractivity contribution in [3.8, 4) is 0 Å². The van der Waals surface area contributed by atoms with Gasteiger partial charge in [0.2, 0.25) is 5.91 Å². The van der Waals surface area contributed by atoms with E-state index in [9.17, 15) is 13.2 Å². The second-order valence-corrected chi connectivity index (χ2v) is 8.09. The zero-order valence-corrected chi connectivity index (χ0v) is 17.7. The summed E-state index contributed by atoms with van der Waals surface area (Å²) in [6.45, 7) is 6.64. The van der Waals surface area contributed by atoms with Crippen LogP contribution in [-0.4, -0.2) is 27.5 Å². The predicted octanol–water partition coefficient (Wildman–Crippen LogP) is 4.49. The van der Waals surface area contributed by atoms with Crippen LogP contribution in [0.4, 0.5) is 5.69 Å². The molecule has 1 amide bonds. The van der Waals surface area contributed by atoms with Crippen LogP contribution in [0, 0.1) is 6.92 Å². The minimum absolute atomic E-state index is 0.0370. The van der Waals surface area contributed by atoms with Gasteiger partial charge in [-0.1, -0.05) is 49.7 Å². The van der Waals surface area contributed by atoms with Gasteiger partial charge in [0.15, 0.2) is 0 Å². The van der Waals surface area contributed by atoms with Gasteiger partial charge in [-0.3, -0.25) is 8.98 Å². The average molecular weight is 404 g/mol. The van der Waals surface area contributed by atoms with Gasteiger partial charge >= 0.3 is 0 Å². The molecule has 0 atom stereocenters. The molecule has 0 radical (unpaired) electrons. The second kappa shape index (κ2) is 10.4. The van der Waals surface area contributed by atoms with E-state index in [4.69, 9.17) is 4.18 Å². The molecule has 1 aliphatic heterocycles. The molecule has 0 bridgehead atoms. The smallest absolute Gasteiger partial charge is 0.296 e. The van der Waals surface area contributed by atoms with E-state index in [0.717, 1.165) is 29.7 Å². The van der Waals surface area contributed by atoms with Crippen LogP contribution in [0.3, 0.4) is 0 Å². The van der Waals surface area contributed by atoms with Gasteiger partial charge in [-0.15, -0.1) is 0 Å². The predicted molar refractivity (Wildman–Crippen MR) is 112 cm³/mol. The van der Waals surface area contributed by atoms with Crippen LogP contribution >= 0.6 is 0 Å². The highest BCUT2D eigenvalue weighted by Crippen LogP contribution is 2.25. The molecule has 0 aliphatic carbocycles. The molecule has 0 aromatic heterocycles.